The molecule has 1 fully saturated rings. The maximum absolute atomic E-state index is 13.3. The first kappa shape index (κ1) is 26.9. The molecule has 3 aromatic rings. The molecule has 4 rings (SSSR count). The number of rotatable bonds is 9. The highest BCUT2D eigenvalue weighted by Crippen LogP contribution is 2.26. The fourth-order valence-corrected chi connectivity index (χ4v) is 4.53. The number of ether oxygens (including phenoxy) is 1. The van der Waals surface area contributed by atoms with Crippen molar-refractivity contribution in [3.8, 4) is 16.9 Å². The van der Waals surface area contributed by atoms with Gasteiger partial charge in [0.05, 0.1) is 11.8 Å². The first-order chi connectivity index (χ1) is 17.7. The zero-order valence-electron chi connectivity index (χ0n) is 22.0. The molecule has 1 N–H and O–H groups in total. The lowest BCUT2D eigenvalue weighted by molar-refractivity contribution is -0.136. The number of amides is 2. The number of carbonyl (C=O) groups is 2. The summed E-state index contributed by atoms with van der Waals surface area (Å²) in [5.74, 6) is 0.258. The van der Waals surface area contributed by atoms with Crippen LogP contribution >= 0.6 is 11.6 Å². The van der Waals surface area contributed by atoms with Crippen molar-refractivity contribution in [1.29, 1.82) is 0 Å². The second kappa shape index (κ2) is 11.9. The van der Waals surface area contributed by atoms with Crippen molar-refractivity contribution in [3.63, 3.8) is 0 Å². The molecule has 2 heterocycles. The Morgan fingerprint density at radius 2 is 1.92 bits per heavy atom. The third-order valence-corrected chi connectivity index (χ3v) is 6.84. The van der Waals surface area contributed by atoms with Crippen LogP contribution < -0.4 is 5.32 Å². The van der Waals surface area contributed by atoms with Crippen LogP contribution in [0.5, 0.6) is 0 Å². The lowest BCUT2D eigenvalue weighted by Gasteiger charge is -2.25. The van der Waals surface area contributed by atoms with Gasteiger partial charge in [-0.15, -0.1) is 0 Å². The van der Waals surface area contributed by atoms with Crippen LogP contribution in [-0.2, 0) is 14.3 Å². The molecule has 1 unspecified atom stereocenters. The van der Waals surface area contributed by atoms with E-state index < -0.39 is 0 Å². The topological polar surface area (TPSA) is 76.5 Å². The van der Waals surface area contributed by atoms with E-state index in [1.165, 1.54) is 5.56 Å². The molecule has 0 aliphatic carbocycles. The van der Waals surface area contributed by atoms with E-state index in [0.29, 0.717) is 36.2 Å². The zero-order valence-corrected chi connectivity index (χ0v) is 22.7. The van der Waals surface area contributed by atoms with Crippen LogP contribution in [0.25, 0.3) is 16.9 Å². The van der Waals surface area contributed by atoms with Gasteiger partial charge in [0.25, 0.3) is 0 Å². The molecular formula is C29H35ClN4O3. The van der Waals surface area contributed by atoms with Crippen LogP contribution in [0.15, 0.2) is 48.7 Å². The molecule has 8 heteroatoms. The van der Waals surface area contributed by atoms with Gasteiger partial charge in [-0.1, -0.05) is 43.6 Å². The van der Waals surface area contributed by atoms with Crippen molar-refractivity contribution < 1.29 is 14.3 Å². The number of aryl methyl sites for hydroxylation is 2. The van der Waals surface area contributed by atoms with Gasteiger partial charge in [-0.25, -0.2) is 4.98 Å². The monoisotopic (exact) mass is 522 g/mol. The molecule has 196 valence electrons. The first-order valence-corrected chi connectivity index (χ1v) is 13.2. The van der Waals surface area contributed by atoms with E-state index in [1.54, 1.807) is 4.90 Å². The Kier molecular flexibility index (Phi) is 8.67. The number of nitrogens with zero attached hydrogens (tertiary/aromatic N) is 3. The highest BCUT2D eigenvalue weighted by Gasteiger charge is 2.25. The summed E-state index contributed by atoms with van der Waals surface area (Å²) in [7, 11) is 0. The Balaban J connectivity index is 1.60. The average molecular weight is 523 g/mol. The van der Waals surface area contributed by atoms with Crippen molar-refractivity contribution in [2.75, 3.05) is 25.0 Å². The Bertz CT molecular complexity index is 1250. The van der Waals surface area contributed by atoms with Crippen molar-refractivity contribution in [3.05, 3.63) is 64.8 Å². The Hall–Kier alpha value is -3.16. The molecule has 1 aliphatic rings. The van der Waals surface area contributed by atoms with Gasteiger partial charge in [0.2, 0.25) is 17.8 Å². The number of benzene rings is 2. The molecule has 0 bridgehead atoms. The summed E-state index contributed by atoms with van der Waals surface area (Å²) in [4.78, 5) is 32.6. The summed E-state index contributed by atoms with van der Waals surface area (Å²) >= 11 is 6.07. The molecule has 0 radical (unpaired) electrons. The van der Waals surface area contributed by atoms with Gasteiger partial charge in [0.1, 0.15) is 6.54 Å². The number of carbonyl (C=O) groups excluding carboxylic acids is 2. The summed E-state index contributed by atoms with van der Waals surface area (Å²) in [6.45, 7) is 9.18. The summed E-state index contributed by atoms with van der Waals surface area (Å²) in [6.07, 6.45) is 4.13. The first-order valence-electron chi connectivity index (χ1n) is 12.8. The standard InChI is InChI=1S/C29H35ClN4O3/c1-19(2)14-28(36)33(16-25-6-5-13-37-25)18-27(35)32-29-31-26(22-8-10-23(30)11-9-22)17-34(29)24-12-7-20(3)21(4)15-24/h7-12,15,17,19,25H,5-6,13-14,16,18H2,1-4H3,(H,31,32,35). The number of imidazole rings is 1. The van der Waals surface area contributed by atoms with E-state index in [9.17, 15) is 9.59 Å². The van der Waals surface area contributed by atoms with E-state index >= 15 is 0 Å². The van der Waals surface area contributed by atoms with E-state index in [4.69, 9.17) is 21.3 Å². The molecule has 2 aromatic carbocycles. The maximum Gasteiger partial charge on any atom is 0.246 e. The molecule has 0 spiro atoms. The molecular weight excluding hydrogens is 488 g/mol. The molecule has 0 saturated carbocycles. The van der Waals surface area contributed by atoms with Crippen molar-refractivity contribution in [1.82, 2.24) is 14.5 Å². The van der Waals surface area contributed by atoms with Gasteiger partial charge in [-0.05, 0) is 68.0 Å². The highest BCUT2D eigenvalue weighted by atomic mass is 35.5. The minimum Gasteiger partial charge on any atom is -0.376 e. The average Bonchev–Trinajstić information content (AvgIpc) is 3.51. The van der Waals surface area contributed by atoms with Crippen molar-refractivity contribution in [2.45, 2.75) is 53.1 Å². The predicted octanol–water partition coefficient (Wildman–Crippen LogP) is 5.80. The molecule has 2 amide bonds. The fraction of sp³-hybridized carbons (Fsp3) is 0.414. The number of aromatic nitrogens is 2. The van der Waals surface area contributed by atoms with Crippen molar-refractivity contribution in [2.24, 2.45) is 5.92 Å². The largest absolute Gasteiger partial charge is 0.376 e. The maximum atomic E-state index is 13.3. The Morgan fingerprint density at radius 3 is 2.57 bits per heavy atom. The minimum atomic E-state index is -0.298. The molecule has 7 nitrogen and oxygen atoms in total. The third kappa shape index (κ3) is 6.99. The molecule has 1 atom stereocenters. The Labute approximate surface area is 223 Å². The summed E-state index contributed by atoms with van der Waals surface area (Å²) in [5.41, 5.74) is 4.80. The second-order valence-corrected chi connectivity index (χ2v) is 10.6. The second-order valence-electron chi connectivity index (χ2n) is 10.2. The Morgan fingerprint density at radius 1 is 1.16 bits per heavy atom. The summed E-state index contributed by atoms with van der Waals surface area (Å²) < 4.78 is 7.62. The number of nitrogens with one attached hydrogen (secondary N) is 1. The number of halogens is 1. The quantitative estimate of drug-likeness (QED) is 0.385. The van der Waals surface area contributed by atoms with E-state index in [2.05, 4.69) is 25.2 Å². The smallest absolute Gasteiger partial charge is 0.246 e. The van der Waals surface area contributed by atoms with E-state index in [0.717, 1.165) is 29.7 Å². The van der Waals surface area contributed by atoms with Gasteiger partial charge in [0, 0.05) is 42.0 Å². The normalized spacial score (nSPS) is 15.2. The highest BCUT2D eigenvalue weighted by molar-refractivity contribution is 6.30. The number of hydrogen-bond acceptors (Lipinski definition) is 4. The summed E-state index contributed by atoms with van der Waals surface area (Å²) in [5, 5.41) is 3.60. The van der Waals surface area contributed by atoms with Gasteiger partial charge in [-0.3, -0.25) is 19.5 Å². The van der Waals surface area contributed by atoms with Crippen LogP contribution in [0.2, 0.25) is 5.02 Å². The van der Waals surface area contributed by atoms with Crippen LogP contribution in [0, 0.1) is 19.8 Å². The third-order valence-electron chi connectivity index (χ3n) is 6.58. The minimum absolute atomic E-state index is 0.0297. The van der Waals surface area contributed by atoms with Gasteiger partial charge < -0.3 is 9.64 Å². The molecule has 1 aliphatic heterocycles. The molecule has 37 heavy (non-hydrogen) atoms. The zero-order chi connectivity index (χ0) is 26.5. The van der Waals surface area contributed by atoms with Crippen LogP contribution in [-0.4, -0.2) is 52.1 Å². The van der Waals surface area contributed by atoms with E-state index in [-0.39, 0.29) is 30.4 Å². The lowest BCUT2D eigenvalue weighted by atomic mass is 10.1. The van der Waals surface area contributed by atoms with Crippen molar-refractivity contribution >= 4 is 29.4 Å². The van der Waals surface area contributed by atoms with Gasteiger partial charge in [-0.2, -0.15) is 0 Å². The predicted molar refractivity (Wildman–Crippen MR) is 147 cm³/mol. The van der Waals surface area contributed by atoms with Gasteiger partial charge >= 0.3 is 0 Å². The summed E-state index contributed by atoms with van der Waals surface area (Å²) in [6, 6.07) is 13.5. The fourth-order valence-electron chi connectivity index (χ4n) is 4.41. The van der Waals surface area contributed by atoms with Crippen LogP contribution in [0.4, 0.5) is 5.95 Å². The molecule has 1 aromatic heterocycles. The number of anilines is 1. The number of hydrogen-bond donors (Lipinski definition) is 1. The van der Waals surface area contributed by atoms with E-state index in [1.807, 2.05) is 61.0 Å². The van der Waals surface area contributed by atoms with Gasteiger partial charge in [0.15, 0.2) is 0 Å². The van der Waals surface area contributed by atoms with Crippen LogP contribution in [0.3, 0.4) is 0 Å². The molecule has 1 saturated heterocycles. The SMILES string of the molecule is Cc1ccc(-n2cc(-c3ccc(Cl)cc3)nc2NC(=O)CN(CC2CCCO2)C(=O)CC(C)C)cc1C. The van der Waals surface area contributed by atoms with Crippen LogP contribution in [0.1, 0.15) is 44.2 Å². The lowest BCUT2D eigenvalue weighted by Crippen LogP contribution is -2.42.